The van der Waals surface area contributed by atoms with Gasteiger partial charge in [-0.2, -0.15) is 0 Å². The average molecular weight is 201 g/mol. The van der Waals surface area contributed by atoms with Crippen LogP contribution in [0, 0.1) is 13.8 Å². The Bertz CT molecular complexity index is 315. The number of rotatable bonds is 2. The van der Waals surface area contributed by atoms with Crippen LogP contribution in [0.4, 0.5) is 0 Å². The number of hydrogen-bond donors (Lipinski definition) is 2. The monoisotopic (exact) mass is 200 g/mol. The minimum absolute atomic E-state index is 0.121. The van der Waals surface area contributed by atoms with Gasteiger partial charge in [-0.3, -0.25) is 0 Å². The van der Waals surface area contributed by atoms with Crippen LogP contribution in [0.1, 0.15) is 22.9 Å². The third-order valence-electron chi connectivity index (χ3n) is 2.04. The molecule has 0 amide bonds. The molecular weight excluding hydrogens is 188 g/mol. The van der Waals surface area contributed by atoms with Crippen LogP contribution in [-0.2, 0) is 0 Å². The van der Waals surface area contributed by atoms with Crippen molar-refractivity contribution >= 4 is 11.6 Å². The number of nitrogens with two attached hydrogens (primary N) is 1. The van der Waals surface area contributed by atoms with Gasteiger partial charge in [0.2, 0.25) is 0 Å². The molecule has 1 aromatic rings. The summed E-state index contributed by atoms with van der Waals surface area (Å²) in [6.45, 7) is 3.70. The lowest BCUT2D eigenvalue weighted by molar-refractivity contribution is 0.268. The summed E-state index contributed by atoms with van der Waals surface area (Å²) in [7, 11) is 0. The van der Waals surface area contributed by atoms with Crippen LogP contribution in [0.3, 0.4) is 0 Å². The SMILES string of the molecule is Cc1cc([C@@H](N)CO)c(Cl)nc1C. The van der Waals surface area contributed by atoms with E-state index < -0.39 is 6.04 Å². The summed E-state index contributed by atoms with van der Waals surface area (Å²) in [6, 6.07) is 1.42. The summed E-state index contributed by atoms with van der Waals surface area (Å²) in [5.41, 5.74) is 8.26. The van der Waals surface area contributed by atoms with E-state index >= 15 is 0 Å². The number of halogens is 1. The van der Waals surface area contributed by atoms with Crippen LogP contribution in [0.2, 0.25) is 5.15 Å². The molecule has 0 aromatic carbocycles. The van der Waals surface area contributed by atoms with Gasteiger partial charge < -0.3 is 10.8 Å². The van der Waals surface area contributed by atoms with Crippen LogP contribution < -0.4 is 5.73 Å². The minimum atomic E-state index is -0.445. The van der Waals surface area contributed by atoms with Crippen molar-refractivity contribution < 1.29 is 5.11 Å². The fourth-order valence-corrected chi connectivity index (χ4v) is 1.38. The number of hydrogen-bond acceptors (Lipinski definition) is 3. The fraction of sp³-hybridized carbons (Fsp3) is 0.444. The van der Waals surface area contributed by atoms with Crippen molar-refractivity contribution in [2.75, 3.05) is 6.61 Å². The lowest BCUT2D eigenvalue weighted by atomic mass is 10.1. The molecule has 0 fully saturated rings. The van der Waals surface area contributed by atoms with Crippen molar-refractivity contribution in [2.45, 2.75) is 19.9 Å². The Hall–Kier alpha value is -0.640. The molecule has 0 spiro atoms. The molecule has 0 saturated carbocycles. The lowest BCUT2D eigenvalue weighted by Crippen LogP contribution is -2.16. The highest BCUT2D eigenvalue weighted by Crippen LogP contribution is 2.21. The van der Waals surface area contributed by atoms with Crippen molar-refractivity contribution in [3.05, 3.63) is 28.0 Å². The second-order valence-electron chi connectivity index (χ2n) is 3.06. The van der Waals surface area contributed by atoms with E-state index in [-0.39, 0.29) is 6.61 Å². The fourth-order valence-electron chi connectivity index (χ4n) is 1.06. The van der Waals surface area contributed by atoms with E-state index in [1.807, 2.05) is 19.9 Å². The van der Waals surface area contributed by atoms with Crippen molar-refractivity contribution in [1.82, 2.24) is 4.98 Å². The Morgan fingerprint density at radius 1 is 1.62 bits per heavy atom. The van der Waals surface area contributed by atoms with E-state index in [1.165, 1.54) is 0 Å². The van der Waals surface area contributed by atoms with Gasteiger partial charge in [0.15, 0.2) is 0 Å². The van der Waals surface area contributed by atoms with E-state index in [2.05, 4.69) is 4.98 Å². The predicted molar refractivity (Wildman–Crippen MR) is 52.7 cm³/mol. The van der Waals surface area contributed by atoms with Crippen molar-refractivity contribution in [2.24, 2.45) is 5.73 Å². The summed E-state index contributed by atoms with van der Waals surface area (Å²) in [6.07, 6.45) is 0. The first-order valence-electron chi connectivity index (χ1n) is 4.06. The highest BCUT2D eigenvalue weighted by molar-refractivity contribution is 6.30. The summed E-state index contributed by atoms with van der Waals surface area (Å²) >= 11 is 5.87. The van der Waals surface area contributed by atoms with Gasteiger partial charge in [-0.1, -0.05) is 11.6 Å². The van der Waals surface area contributed by atoms with Gasteiger partial charge in [0.1, 0.15) is 5.15 Å². The zero-order valence-electron chi connectivity index (χ0n) is 7.71. The average Bonchev–Trinajstić information content (AvgIpc) is 2.10. The van der Waals surface area contributed by atoms with Crippen molar-refractivity contribution in [3.63, 3.8) is 0 Å². The van der Waals surface area contributed by atoms with Gasteiger partial charge >= 0.3 is 0 Å². The second kappa shape index (κ2) is 4.05. The van der Waals surface area contributed by atoms with E-state index in [1.54, 1.807) is 0 Å². The maximum Gasteiger partial charge on any atom is 0.134 e. The van der Waals surface area contributed by atoms with Gasteiger partial charge in [-0.15, -0.1) is 0 Å². The van der Waals surface area contributed by atoms with E-state index in [4.69, 9.17) is 22.4 Å². The number of aliphatic hydroxyl groups excluding tert-OH is 1. The summed E-state index contributed by atoms with van der Waals surface area (Å²) in [5.74, 6) is 0. The largest absolute Gasteiger partial charge is 0.394 e. The van der Waals surface area contributed by atoms with Crippen LogP contribution in [0.5, 0.6) is 0 Å². The highest BCUT2D eigenvalue weighted by Gasteiger charge is 2.11. The zero-order valence-corrected chi connectivity index (χ0v) is 8.47. The molecule has 0 aliphatic rings. The predicted octanol–water partition coefficient (Wildman–Crippen LogP) is 1.34. The van der Waals surface area contributed by atoms with E-state index in [9.17, 15) is 0 Å². The van der Waals surface area contributed by atoms with Crippen LogP contribution in [-0.4, -0.2) is 16.7 Å². The molecule has 72 valence electrons. The topological polar surface area (TPSA) is 59.1 Å². The third kappa shape index (κ3) is 2.18. The first-order chi connectivity index (χ1) is 6.06. The molecule has 4 heteroatoms. The molecule has 3 nitrogen and oxygen atoms in total. The molecule has 0 radical (unpaired) electrons. The van der Waals surface area contributed by atoms with Crippen LogP contribution in [0.25, 0.3) is 0 Å². The summed E-state index contributed by atoms with van der Waals surface area (Å²) in [5, 5.41) is 9.24. The normalized spacial score (nSPS) is 13.0. The van der Waals surface area contributed by atoms with Gasteiger partial charge in [0.05, 0.1) is 12.6 Å². The number of pyridine rings is 1. The van der Waals surface area contributed by atoms with Crippen molar-refractivity contribution in [1.29, 1.82) is 0 Å². The second-order valence-corrected chi connectivity index (χ2v) is 3.42. The lowest BCUT2D eigenvalue weighted by Gasteiger charge is -2.11. The van der Waals surface area contributed by atoms with Crippen LogP contribution in [0.15, 0.2) is 6.07 Å². The minimum Gasteiger partial charge on any atom is -0.394 e. The molecule has 0 bridgehead atoms. The quantitative estimate of drug-likeness (QED) is 0.709. The molecule has 0 unspecified atom stereocenters. The smallest absolute Gasteiger partial charge is 0.134 e. The van der Waals surface area contributed by atoms with E-state index in [0.29, 0.717) is 10.7 Å². The first-order valence-corrected chi connectivity index (χ1v) is 4.44. The Morgan fingerprint density at radius 3 is 2.77 bits per heavy atom. The Labute approximate surface area is 82.5 Å². The number of aliphatic hydroxyl groups is 1. The maximum atomic E-state index is 8.86. The molecule has 1 rings (SSSR count). The Balaban J connectivity index is 3.15. The molecule has 3 N–H and O–H groups in total. The van der Waals surface area contributed by atoms with Gasteiger partial charge in [-0.05, 0) is 25.5 Å². The molecule has 1 atom stereocenters. The van der Waals surface area contributed by atoms with E-state index in [0.717, 1.165) is 11.3 Å². The molecule has 0 aliphatic heterocycles. The number of aryl methyl sites for hydroxylation is 2. The molecule has 13 heavy (non-hydrogen) atoms. The maximum absolute atomic E-state index is 8.86. The molecule has 0 saturated heterocycles. The number of nitrogens with zero attached hydrogens (tertiary/aromatic N) is 1. The molecule has 0 aliphatic carbocycles. The molecule has 1 aromatic heterocycles. The van der Waals surface area contributed by atoms with Crippen LogP contribution >= 0.6 is 11.6 Å². The Morgan fingerprint density at radius 2 is 2.23 bits per heavy atom. The molecule has 1 heterocycles. The Kier molecular flexibility index (Phi) is 3.25. The zero-order chi connectivity index (χ0) is 10.0. The first kappa shape index (κ1) is 10.4. The van der Waals surface area contributed by atoms with Gasteiger partial charge in [-0.25, -0.2) is 4.98 Å². The summed E-state index contributed by atoms with van der Waals surface area (Å²) in [4.78, 5) is 4.12. The highest BCUT2D eigenvalue weighted by atomic mass is 35.5. The third-order valence-corrected chi connectivity index (χ3v) is 2.35. The van der Waals surface area contributed by atoms with Crippen molar-refractivity contribution in [3.8, 4) is 0 Å². The number of aromatic nitrogens is 1. The standard InChI is InChI=1S/C9H13ClN2O/c1-5-3-7(8(11)4-13)9(10)12-6(5)2/h3,8,13H,4,11H2,1-2H3/t8-/m0/s1. The van der Waals surface area contributed by atoms with Gasteiger partial charge in [0.25, 0.3) is 0 Å². The van der Waals surface area contributed by atoms with Gasteiger partial charge in [0, 0.05) is 11.3 Å². The summed E-state index contributed by atoms with van der Waals surface area (Å²) < 4.78 is 0. The molecular formula is C9H13ClN2O.